The van der Waals surface area contributed by atoms with Crippen LogP contribution in [0.4, 0.5) is 40.3 Å². The van der Waals surface area contributed by atoms with Gasteiger partial charge in [-0.15, -0.1) is 0 Å². The molecule has 6 aromatic carbocycles. The lowest BCUT2D eigenvalue weighted by molar-refractivity contribution is -0.144. The Bertz CT molecular complexity index is 3610. The zero-order valence-electron chi connectivity index (χ0n) is 59.0. The number of hydrogen-bond donors (Lipinski definition) is 1. The fraction of sp³-hybridized carbons (Fsp3) is 0.410. The first-order valence-electron chi connectivity index (χ1n) is 33.9. The first-order chi connectivity index (χ1) is 48.9. The van der Waals surface area contributed by atoms with Gasteiger partial charge in [0.2, 0.25) is 29.5 Å². The minimum absolute atomic E-state index is 0.00546. The zero-order valence-corrected chi connectivity index (χ0v) is 59.0. The lowest BCUT2D eigenvalue weighted by Gasteiger charge is -2.23. The van der Waals surface area contributed by atoms with Crippen LogP contribution < -0.4 is 24.9 Å². The maximum Gasteiger partial charge on any atom is 0.328 e. The predicted octanol–water partition coefficient (Wildman–Crippen LogP) is 12.5. The van der Waals surface area contributed by atoms with Gasteiger partial charge in [-0.25, -0.2) is 22.4 Å². The molecule has 0 radical (unpaired) electrons. The van der Waals surface area contributed by atoms with Crippen molar-refractivity contribution < 1.29 is 89.2 Å². The Hall–Kier alpha value is -10.3. The third kappa shape index (κ3) is 30.7. The van der Waals surface area contributed by atoms with Gasteiger partial charge in [-0.2, -0.15) is 0 Å². The molecule has 20 nitrogen and oxygen atoms in total. The van der Waals surface area contributed by atoms with E-state index < -0.39 is 71.0 Å². The normalized spacial score (nSPS) is 13.2. The van der Waals surface area contributed by atoms with E-state index in [4.69, 9.17) is 4.74 Å². The molecule has 102 heavy (non-hydrogen) atoms. The number of esters is 5. The molecule has 0 heterocycles. The highest BCUT2D eigenvalue weighted by atomic mass is 19.1. The molecular weight excluding hydrogens is 1320 g/mol. The minimum Gasteiger partial charge on any atom is -0.468 e. The summed E-state index contributed by atoms with van der Waals surface area (Å²) in [6.07, 6.45) is 12.7. The number of nitrogens with one attached hydrogen (secondary N) is 1. The summed E-state index contributed by atoms with van der Waals surface area (Å²) in [6, 6.07) is 41.0. The summed E-state index contributed by atoms with van der Waals surface area (Å²) in [5.74, 6) is -4.65. The number of amides is 5. The van der Waals surface area contributed by atoms with E-state index in [1.54, 1.807) is 67.6 Å². The average molecular weight is 1420 g/mol. The quantitative estimate of drug-likeness (QED) is 0.0302. The number of carbonyl (C=O) groups is 10. The van der Waals surface area contributed by atoms with Gasteiger partial charge >= 0.3 is 29.8 Å². The second kappa shape index (κ2) is 44.1. The van der Waals surface area contributed by atoms with Gasteiger partial charge in [0.05, 0.1) is 47.9 Å². The predicted molar refractivity (Wildman–Crippen MR) is 377 cm³/mol. The number of benzene rings is 6. The summed E-state index contributed by atoms with van der Waals surface area (Å²) in [4.78, 5) is 124. The molecule has 0 spiro atoms. The van der Waals surface area contributed by atoms with Crippen molar-refractivity contribution in [2.24, 2.45) is 23.7 Å². The SMILES string of the molecule is CC(C)COC(=O)CN(C(=O)Cc1cc(F)cc(F)c1)c1ccccc1.COC(=O)CN(C(=O)CC1CC1)c1ccccc1.COC(=O)CN(C(=O)CC1CCCC1)c1ccccc1.COC(=O)CN(C(=O)Cc1cc(F)cc(F)c1)c1ccccc1.COC(=O)[C@H](C)NC(=O)CC1CCCC1. The molecule has 9 rings (SSSR count). The van der Waals surface area contributed by atoms with Gasteiger partial charge in [0, 0.05) is 54.1 Å². The number of methoxy groups -OCH3 is 4. The fourth-order valence-corrected chi connectivity index (χ4v) is 11.0. The lowest BCUT2D eigenvalue weighted by Crippen LogP contribution is -2.39. The van der Waals surface area contributed by atoms with Crippen molar-refractivity contribution in [3.8, 4) is 0 Å². The molecule has 3 aliphatic carbocycles. The number of rotatable bonds is 26. The maximum atomic E-state index is 13.3. The first kappa shape index (κ1) is 82.4. The van der Waals surface area contributed by atoms with E-state index in [0.29, 0.717) is 48.4 Å². The van der Waals surface area contributed by atoms with Crippen LogP contribution >= 0.6 is 0 Å². The Labute approximate surface area is 593 Å². The lowest BCUT2D eigenvalue weighted by atomic mass is 10.0. The molecule has 0 bridgehead atoms. The Morgan fingerprint density at radius 2 is 0.686 bits per heavy atom. The summed E-state index contributed by atoms with van der Waals surface area (Å²) in [7, 11) is 5.21. The van der Waals surface area contributed by atoms with Gasteiger partial charge < -0.3 is 48.6 Å². The molecule has 1 atom stereocenters. The Balaban J connectivity index is 0.000000232. The molecule has 0 aliphatic heterocycles. The highest BCUT2D eigenvalue weighted by molar-refractivity contribution is 6.01. The van der Waals surface area contributed by atoms with Crippen molar-refractivity contribution in [3.05, 3.63) is 192 Å². The number of para-hydroxylation sites is 4. The second-order valence-electron chi connectivity index (χ2n) is 25.1. The molecule has 5 amide bonds. The smallest absolute Gasteiger partial charge is 0.328 e. The van der Waals surface area contributed by atoms with E-state index in [1.165, 1.54) is 73.7 Å². The molecule has 1 N–H and O–H groups in total. The van der Waals surface area contributed by atoms with E-state index in [0.717, 1.165) is 86.3 Å². The van der Waals surface area contributed by atoms with Crippen molar-refractivity contribution in [1.82, 2.24) is 5.32 Å². The molecule has 0 unspecified atom stereocenters. The summed E-state index contributed by atoms with van der Waals surface area (Å²) in [5.41, 5.74) is 2.90. The number of anilines is 4. The van der Waals surface area contributed by atoms with Crippen LogP contribution in [0.15, 0.2) is 158 Å². The van der Waals surface area contributed by atoms with Gasteiger partial charge in [-0.3, -0.25) is 43.2 Å². The minimum atomic E-state index is -0.757. The molecule has 6 aromatic rings. The van der Waals surface area contributed by atoms with E-state index in [2.05, 4.69) is 24.3 Å². The molecule has 3 saturated carbocycles. The van der Waals surface area contributed by atoms with Crippen LogP contribution in [-0.2, 0) is 84.5 Å². The molecule has 0 saturated heterocycles. The summed E-state index contributed by atoms with van der Waals surface area (Å²) >= 11 is 0. The number of hydrogen-bond acceptors (Lipinski definition) is 15. The van der Waals surface area contributed by atoms with Gasteiger partial charge in [-0.05, 0) is 153 Å². The van der Waals surface area contributed by atoms with Gasteiger partial charge in [0.1, 0.15) is 55.5 Å². The van der Waals surface area contributed by atoms with Crippen LogP contribution in [0.25, 0.3) is 0 Å². The average Bonchev–Trinajstić information content (AvgIpc) is 1.12. The molecule has 0 aromatic heterocycles. The molecule has 24 heteroatoms. The van der Waals surface area contributed by atoms with Crippen LogP contribution in [0.1, 0.15) is 115 Å². The number of halogens is 4. The molecular formula is C78H93F4N5O15. The molecule has 548 valence electrons. The van der Waals surface area contributed by atoms with Crippen molar-refractivity contribution >= 4 is 82.1 Å². The van der Waals surface area contributed by atoms with Crippen LogP contribution in [0, 0.1) is 46.9 Å². The van der Waals surface area contributed by atoms with Crippen molar-refractivity contribution in [1.29, 1.82) is 0 Å². The summed E-state index contributed by atoms with van der Waals surface area (Å²) in [6.45, 7) is 5.11. The van der Waals surface area contributed by atoms with Crippen molar-refractivity contribution in [2.45, 2.75) is 123 Å². The molecule has 3 aliphatic rings. The van der Waals surface area contributed by atoms with E-state index >= 15 is 0 Å². The second-order valence-corrected chi connectivity index (χ2v) is 25.1. The monoisotopic (exact) mass is 1420 g/mol. The van der Waals surface area contributed by atoms with E-state index in [9.17, 15) is 65.5 Å². The summed E-state index contributed by atoms with van der Waals surface area (Å²) < 4.78 is 76.7. The van der Waals surface area contributed by atoms with Crippen LogP contribution in [0.2, 0.25) is 0 Å². The highest BCUT2D eigenvalue weighted by Crippen LogP contribution is 2.34. The van der Waals surface area contributed by atoms with Gasteiger partial charge in [0.15, 0.2) is 0 Å². The fourth-order valence-electron chi connectivity index (χ4n) is 11.0. The first-order valence-corrected chi connectivity index (χ1v) is 33.9. The largest absolute Gasteiger partial charge is 0.468 e. The Morgan fingerprint density at radius 1 is 0.392 bits per heavy atom. The van der Waals surface area contributed by atoms with E-state index in [1.807, 2.05) is 74.5 Å². The number of nitrogens with zero attached hydrogens (tertiary/aromatic N) is 4. The molecule has 3 fully saturated rings. The summed E-state index contributed by atoms with van der Waals surface area (Å²) in [5, 5.41) is 2.64. The Morgan fingerprint density at radius 3 is 0.980 bits per heavy atom. The third-order valence-electron chi connectivity index (χ3n) is 16.4. The number of carbonyl (C=O) groups excluding carboxylic acids is 10. The number of ether oxygens (including phenoxy) is 5. The van der Waals surface area contributed by atoms with Gasteiger partial charge in [0.25, 0.3) is 0 Å². The maximum absolute atomic E-state index is 13.3. The van der Waals surface area contributed by atoms with Crippen LogP contribution in [0.3, 0.4) is 0 Å². The van der Waals surface area contributed by atoms with Crippen LogP contribution in [-0.4, -0.2) is 127 Å². The van der Waals surface area contributed by atoms with Crippen molar-refractivity contribution in [2.75, 3.05) is 80.8 Å². The highest BCUT2D eigenvalue weighted by Gasteiger charge is 2.30. The van der Waals surface area contributed by atoms with Crippen molar-refractivity contribution in [3.63, 3.8) is 0 Å². The zero-order chi connectivity index (χ0) is 74.5. The van der Waals surface area contributed by atoms with Crippen LogP contribution in [0.5, 0.6) is 0 Å². The standard InChI is InChI=1S/C20H21F2NO3.C17H15F2NO3.C16H21NO3.C14H17NO3.C11H19NO3/c1-14(2)13-26-20(25)12-23(18-6-4-3-5-7-18)19(24)10-15-8-16(21)11-17(22)9-15;1-23-17(22)11-20(15-5-3-2-4-6-15)16(21)9-12-7-13(18)10-14(19)8-12;1-20-16(19)12-17(14-9-3-2-4-10-14)15(18)11-13-7-5-6-8-13;1-18-14(17)10-15(12-5-3-2-4-6-12)13(16)9-11-7-8-11;1-8(11(14)15-2)12-10(13)7-9-5-3-4-6-9/h3-9,11,14H,10,12-13H2,1-2H3;2-8,10H,9,11H2,1H3;2-4,9-10,13H,5-8,11-12H2,1H3;2-6,11H,7-10H2,1H3;8-9H,3-7H2,1-2H3,(H,12,13)/t;;;;8-/m....0/s1. The van der Waals surface area contributed by atoms with Gasteiger partial charge in [-0.1, -0.05) is 112 Å². The topological polar surface area (TPSA) is 242 Å². The Kier molecular flexibility index (Phi) is 35.6. The third-order valence-corrected chi connectivity index (χ3v) is 16.4. The van der Waals surface area contributed by atoms with E-state index in [-0.39, 0.29) is 80.4 Å².